The smallest absolute Gasteiger partial charge is 0.171 e. The van der Waals surface area contributed by atoms with Gasteiger partial charge in [0.05, 0.1) is 11.8 Å². The molecule has 0 spiro atoms. The van der Waals surface area contributed by atoms with Crippen molar-refractivity contribution >= 4 is 5.78 Å². The third kappa shape index (κ3) is 1.48. The molecule has 3 nitrogen and oxygen atoms in total. The van der Waals surface area contributed by atoms with E-state index in [1.165, 1.54) is 0 Å². The third-order valence-corrected chi connectivity index (χ3v) is 2.98. The van der Waals surface area contributed by atoms with Gasteiger partial charge in [0.2, 0.25) is 0 Å². The second-order valence-electron chi connectivity index (χ2n) is 3.97. The van der Waals surface area contributed by atoms with Crippen LogP contribution in [0, 0.1) is 12.8 Å². The summed E-state index contributed by atoms with van der Waals surface area (Å²) in [6.45, 7) is 4.91. The van der Waals surface area contributed by atoms with Gasteiger partial charge < -0.3 is 9.73 Å². The van der Waals surface area contributed by atoms with Gasteiger partial charge in [0.25, 0.3) is 0 Å². The van der Waals surface area contributed by atoms with Crippen molar-refractivity contribution in [3.05, 3.63) is 23.7 Å². The Morgan fingerprint density at radius 2 is 2.36 bits per heavy atom. The molecule has 2 rings (SSSR count). The Kier molecular flexibility index (Phi) is 2.42. The van der Waals surface area contributed by atoms with Crippen LogP contribution < -0.4 is 5.32 Å². The molecule has 1 aromatic heterocycles. The molecular weight excluding hydrogens is 178 g/mol. The van der Waals surface area contributed by atoms with Crippen LogP contribution in [0.5, 0.6) is 0 Å². The van der Waals surface area contributed by atoms with Gasteiger partial charge in [-0.2, -0.15) is 0 Å². The Morgan fingerprint density at radius 3 is 2.86 bits per heavy atom. The molecule has 2 atom stereocenters. The molecule has 1 aliphatic rings. The fourth-order valence-electron chi connectivity index (χ4n) is 2.03. The first-order valence-corrected chi connectivity index (χ1v) is 5.00. The summed E-state index contributed by atoms with van der Waals surface area (Å²) in [5.41, 5.74) is 1.68. The topological polar surface area (TPSA) is 42.2 Å². The number of aryl methyl sites for hydroxylation is 1. The van der Waals surface area contributed by atoms with Crippen molar-refractivity contribution in [3.63, 3.8) is 0 Å². The summed E-state index contributed by atoms with van der Waals surface area (Å²) in [7, 11) is 0. The maximum atomic E-state index is 12.0. The molecule has 2 unspecified atom stereocenters. The molecule has 0 bridgehead atoms. The highest BCUT2D eigenvalue weighted by atomic mass is 16.3. The molecule has 76 valence electrons. The molecule has 0 radical (unpaired) electrons. The number of rotatable bonds is 2. The van der Waals surface area contributed by atoms with Crippen LogP contribution in [-0.2, 0) is 0 Å². The Bertz CT molecular complexity index is 343. The number of carbonyl (C=O) groups excluding carboxylic acids is 1. The Hall–Kier alpha value is -1.09. The van der Waals surface area contributed by atoms with E-state index in [9.17, 15) is 4.79 Å². The third-order valence-electron chi connectivity index (χ3n) is 2.98. The van der Waals surface area contributed by atoms with Gasteiger partial charge in [0.15, 0.2) is 5.78 Å². The lowest BCUT2D eigenvalue weighted by Gasteiger charge is -2.12. The number of hydrogen-bond donors (Lipinski definition) is 1. The monoisotopic (exact) mass is 193 g/mol. The maximum Gasteiger partial charge on any atom is 0.171 e. The molecule has 0 aromatic carbocycles. The summed E-state index contributed by atoms with van der Waals surface area (Å²) in [4.78, 5) is 12.0. The Morgan fingerprint density at radius 1 is 1.57 bits per heavy atom. The summed E-state index contributed by atoms with van der Waals surface area (Å²) < 4.78 is 5.02. The van der Waals surface area contributed by atoms with Crippen LogP contribution in [0.1, 0.15) is 29.3 Å². The van der Waals surface area contributed by atoms with Crippen molar-refractivity contribution in [2.45, 2.75) is 26.3 Å². The number of furan rings is 1. The normalized spacial score (nSPS) is 26.7. The van der Waals surface area contributed by atoms with Gasteiger partial charge in [-0.1, -0.05) is 0 Å². The van der Waals surface area contributed by atoms with Crippen LogP contribution in [0.4, 0.5) is 0 Å². The molecule has 0 saturated carbocycles. The molecule has 3 heteroatoms. The standard InChI is InChI=1S/C11H15NO2/c1-7-5-14-6-10(7)11(13)9-3-4-12-8(9)2/h5-6,8-9,12H,3-4H2,1-2H3. The molecule has 14 heavy (non-hydrogen) atoms. The van der Waals surface area contributed by atoms with Gasteiger partial charge >= 0.3 is 0 Å². The van der Waals surface area contributed by atoms with E-state index in [1.807, 2.05) is 6.92 Å². The van der Waals surface area contributed by atoms with Crippen molar-refractivity contribution in [2.24, 2.45) is 5.92 Å². The quantitative estimate of drug-likeness (QED) is 0.728. The summed E-state index contributed by atoms with van der Waals surface area (Å²) in [5.74, 6) is 0.333. The molecule has 1 N–H and O–H groups in total. The lowest BCUT2D eigenvalue weighted by molar-refractivity contribution is 0.0913. The first-order chi connectivity index (χ1) is 6.70. The summed E-state index contributed by atoms with van der Waals surface area (Å²) in [5, 5.41) is 3.28. The van der Waals surface area contributed by atoms with Gasteiger partial charge in [0, 0.05) is 12.0 Å². The van der Waals surface area contributed by atoms with E-state index < -0.39 is 0 Å². The van der Waals surface area contributed by atoms with E-state index in [4.69, 9.17) is 4.42 Å². The predicted molar refractivity (Wildman–Crippen MR) is 53.3 cm³/mol. The van der Waals surface area contributed by atoms with Crippen LogP contribution in [0.25, 0.3) is 0 Å². The van der Waals surface area contributed by atoms with Gasteiger partial charge in [-0.15, -0.1) is 0 Å². The lowest BCUT2D eigenvalue weighted by Crippen LogP contribution is -2.28. The van der Waals surface area contributed by atoms with Crippen LogP contribution in [-0.4, -0.2) is 18.4 Å². The van der Waals surface area contributed by atoms with E-state index in [-0.39, 0.29) is 17.7 Å². The predicted octanol–water partition coefficient (Wildman–Crippen LogP) is 1.77. The van der Waals surface area contributed by atoms with Crippen molar-refractivity contribution < 1.29 is 9.21 Å². The minimum atomic E-state index is 0.117. The fourth-order valence-corrected chi connectivity index (χ4v) is 2.03. The molecule has 0 aliphatic carbocycles. The van der Waals surface area contributed by atoms with Gasteiger partial charge in [-0.05, 0) is 32.4 Å². The molecule has 2 heterocycles. The van der Waals surface area contributed by atoms with Crippen LogP contribution in [0.3, 0.4) is 0 Å². The van der Waals surface area contributed by atoms with Crippen molar-refractivity contribution in [3.8, 4) is 0 Å². The minimum absolute atomic E-state index is 0.117. The first kappa shape index (κ1) is 9.46. The largest absolute Gasteiger partial charge is 0.472 e. The Balaban J connectivity index is 2.20. The maximum absolute atomic E-state index is 12.0. The van der Waals surface area contributed by atoms with Crippen molar-refractivity contribution in [1.29, 1.82) is 0 Å². The summed E-state index contributed by atoms with van der Waals surface area (Å²) in [6, 6.07) is 0.289. The average molecular weight is 193 g/mol. The Labute approximate surface area is 83.5 Å². The van der Waals surface area contributed by atoms with Gasteiger partial charge in [-0.3, -0.25) is 4.79 Å². The minimum Gasteiger partial charge on any atom is -0.472 e. The van der Waals surface area contributed by atoms with Crippen LogP contribution in [0.2, 0.25) is 0 Å². The SMILES string of the molecule is Cc1cocc1C(=O)C1CCNC1C. The van der Waals surface area contributed by atoms with Crippen molar-refractivity contribution in [2.75, 3.05) is 6.54 Å². The van der Waals surface area contributed by atoms with E-state index in [0.717, 1.165) is 24.1 Å². The second kappa shape index (κ2) is 3.58. The molecule has 0 amide bonds. The van der Waals surface area contributed by atoms with Gasteiger partial charge in [0.1, 0.15) is 6.26 Å². The van der Waals surface area contributed by atoms with Crippen molar-refractivity contribution in [1.82, 2.24) is 5.32 Å². The zero-order valence-electron chi connectivity index (χ0n) is 8.54. The number of Topliss-reactive ketones (excluding diaryl/α,β-unsaturated/α-hetero) is 1. The fraction of sp³-hybridized carbons (Fsp3) is 0.545. The highest BCUT2D eigenvalue weighted by Crippen LogP contribution is 2.22. The number of ketones is 1. The van der Waals surface area contributed by atoms with Crippen LogP contribution >= 0.6 is 0 Å². The molecular formula is C11H15NO2. The second-order valence-corrected chi connectivity index (χ2v) is 3.97. The summed E-state index contributed by atoms with van der Waals surface area (Å²) >= 11 is 0. The first-order valence-electron chi connectivity index (χ1n) is 5.00. The number of hydrogen-bond acceptors (Lipinski definition) is 3. The van der Waals surface area contributed by atoms with E-state index in [1.54, 1.807) is 12.5 Å². The molecule has 1 aromatic rings. The molecule has 1 aliphatic heterocycles. The zero-order valence-corrected chi connectivity index (χ0v) is 8.54. The van der Waals surface area contributed by atoms with Crippen LogP contribution in [0.15, 0.2) is 16.9 Å². The average Bonchev–Trinajstić information content (AvgIpc) is 2.73. The molecule has 1 fully saturated rings. The van der Waals surface area contributed by atoms with E-state index in [2.05, 4.69) is 12.2 Å². The zero-order chi connectivity index (χ0) is 10.1. The van der Waals surface area contributed by atoms with Gasteiger partial charge in [-0.25, -0.2) is 0 Å². The highest BCUT2D eigenvalue weighted by Gasteiger charge is 2.31. The lowest BCUT2D eigenvalue weighted by atomic mass is 9.92. The van der Waals surface area contributed by atoms with E-state index in [0.29, 0.717) is 0 Å². The molecule has 1 saturated heterocycles. The number of carbonyl (C=O) groups is 1. The number of nitrogens with one attached hydrogen (secondary N) is 1. The summed E-state index contributed by atoms with van der Waals surface area (Å²) in [6.07, 6.45) is 4.12. The van der Waals surface area contributed by atoms with E-state index >= 15 is 0 Å². The highest BCUT2D eigenvalue weighted by molar-refractivity contribution is 5.99.